The maximum atomic E-state index is 11.4. The van der Waals surface area contributed by atoms with Crippen LogP contribution >= 0.6 is 0 Å². The summed E-state index contributed by atoms with van der Waals surface area (Å²) in [6, 6.07) is 0. The van der Waals surface area contributed by atoms with Crippen molar-refractivity contribution >= 4 is 29.7 Å². The van der Waals surface area contributed by atoms with Crippen LogP contribution in [0.1, 0.15) is 19.8 Å². The molecule has 1 saturated heterocycles. The van der Waals surface area contributed by atoms with E-state index in [9.17, 15) is 24.0 Å². The van der Waals surface area contributed by atoms with Gasteiger partial charge in [-0.15, -0.1) is 5.06 Å². The maximum Gasteiger partial charge on any atom is 0.370 e. The first-order chi connectivity index (χ1) is 9.86. The SMILES string of the molecule is C=C(C(=O)OCC)C(=O)OCC(=O)ON1C(=O)CCC1=O. The van der Waals surface area contributed by atoms with Crippen LogP contribution < -0.4 is 0 Å². The number of nitrogens with zero attached hydrogens (tertiary/aromatic N) is 1. The van der Waals surface area contributed by atoms with Gasteiger partial charge in [-0.2, -0.15) is 0 Å². The summed E-state index contributed by atoms with van der Waals surface area (Å²) in [6.07, 6.45) is -0.100. The fraction of sp³-hybridized carbons (Fsp3) is 0.417. The summed E-state index contributed by atoms with van der Waals surface area (Å²) in [5, 5.41) is 0.316. The van der Waals surface area contributed by atoms with Gasteiger partial charge >= 0.3 is 17.9 Å². The smallest absolute Gasteiger partial charge is 0.370 e. The Balaban J connectivity index is 2.41. The molecule has 0 aromatic heterocycles. The first kappa shape index (κ1) is 16.3. The van der Waals surface area contributed by atoms with Crippen molar-refractivity contribution in [3.8, 4) is 0 Å². The number of amides is 2. The summed E-state index contributed by atoms with van der Waals surface area (Å²) in [4.78, 5) is 60.6. The van der Waals surface area contributed by atoms with Gasteiger partial charge in [0.15, 0.2) is 6.61 Å². The van der Waals surface area contributed by atoms with E-state index in [4.69, 9.17) is 0 Å². The largest absolute Gasteiger partial charge is 0.462 e. The highest BCUT2D eigenvalue weighted by atomic mass is 16.7. The van der Waals surface area contributed by atoms with E-state index in [0.29, 0.717) is 5.06 Å². The van der Waals surface area contributed by atoms with Crippen LogP contribution in [0.5, 0.6) is 0 Å². The molecule has 2 amide bonds. The Labute approximate surface area is 119 Å². The van der Waals surface area contributed by atoms with Crippen LogP contribution in [-0.2, 0) is 38.3 Å². The molecule has 0 bridgehead atoms. The molecule has 0 aliphatic carbocycles. The molecular formula is C12H13NO8. The van der Waals surface area contributed by atoms with E-state index >= 15 is 0 Å². The van der Waals surface area contributed by atoms with E-state index in [2.05, 4.69) is 20.9 Å². The third-order valence-corrected chi connectivity index (χ3v) is 2.29. The van der Waals surface area contributed by atoms with Gasteiger partial charge in [0.25, 0.3) is 11.8 Å². The van der Waals surface area contributed by atoms with Gasteiger partial charge in [0.05, 0.1) is 6.61 Å². The lowest BCUT2D eigenvalue weighted by molar-refractivity contribution is -0.200. The quantitative estimate of drug-likeness (QED) is 0.207. The van der Waals surface area contributed by atoms with Crippen LogP contribution in [0.15, 0.2) is 12.2 Å². The molecule has 114 valence electrons. The summed E-state index contributed by atoms with van der Waals surface area (Å²) in [5.74, 6) is -4.58. The second-order valence-corrected chi connectivity index (χ2v) is 3.82. The molecular weight excluding hydrogens is 286 g/mol. The van der Waals surface area contributed by atoms with Crippen molar-refractivity contribution in [1.82, 2.24) is 5.06 Å². The number of ether oxygens (including phenoxy) is 2. The average molecular weight is 299 g/mol. The molecule has 1 rings (SSSR count). The zero-order valence-electron chi connectivity index (χ0n) is 11.2. The first-order valence-electron chi connectivity index (χ1n) is 5.96. The van der Waals surface area contributed by atoms with Gasteiger partial charge in [0.2, 0.25) is 0 Å². The van der Waals surface area contributed by atoms with Crippen molar-refractivity contribution in [2.75, 3.05) is 13.2 Å². The van der Waals surface area contributed by atoms with Gasteiger partial charge in [-0.05, 0) is 6.92 Å². The fourth-order valence-corrected chi connectivity index (χ4v) is 1.30. The van der Waals surface area contributed by atoms with Crippen molar-refractivity contribution in [3.05, 3.63) is 12.2 Å². The Bertz CT molecular complexity index is 493. The summed E-state index contributed by atoms with van der Waals surface area (Å²) < 4.78 is 8.97. The minimum absolute atomic E-state index is 0.0480. The standard InChI is InChI=1S/C12H13NO8/c1-3-19-11(17)7(2)12(18)20-6-10(16)21-13-8(14)4-5-9(13)15/h2-6H2,1H3. The predicted molar refractivity (Wildman–Crippen MR) is 63.9 cm³/mol. The van der Waals surface area contributed by atoms with E-state index < -0.39 is 41.9 Å². The van der Waals surface area contributed by atoms with Crippen LogP contribution in [0.4, 0.5) is 0 Å². The van der Waals surface area contributed by atoms with E-state index in [1.807, 2.05) is 0 Å². The third kappa shape index (κ3) is 4.41. The number of hydrogen-bond donors (Lipinski definition) is 0. The molecule has 0 radical (unpaired) electrons. The molecule has 1 heterocycles. The average Bonchev–Trinajstić information content (AvgIpc) is 2.76. The lowest BCUT2D eigenvalue weighted by Crippen LogP contribution is -2.34. The Hall–Kier alpha value is -2.71. The number of rotatable bonds is 6. The van der Waals surface area contributed by atoms with Gasteiger partial charge in [0, 0.05) is 12.8 Å². The molecule has 1 aliphatic heterocycles. The van der Waals surface area contributed by atoms with Crippen molar-refractivity contribution in [2.24, 2.45) is 0 Å². The number of carbonyl (C=O) groups excluding carboxylic acids is 5. The molecule has 9 nitrogen and oxygen atoms in total. The topological polar surface area (TPSA) is 116 Å². The highest BCUT2D eigenvalue weighted by molar-refractivity contribution is 6.13. The summed E-state index contributed by atoms with van der Waals surface area (Å²) in [5.41, 5.74) is -0.585. The second kappa shape index (κ2) is 7.17. The summed E-state index contributed by atoms with van der Waals surface area (Å²) in [6.45, 7) is 3.87. The van der Waals surface area contributed by atoms with E-state index in [1.54, 1.807) is 0 Å². The number of hydroxylamine groups is 2. The van der Waals surface area contributed by atoms with Crippen LogP contribution in [-0.4, -0.2) is 48.0 Å². The Kier molecular flexibility index (Phi) is 5.58. The monoisotopic (exact) mass is 299 g/mol. The lowest BCUT2D eigenvalue weighted by Gasteiger charge is -2.12. The summed E-state index contributed by atoms with van der Waals surface area (Å²) in [7, 11) is 0. The van der Waals surface area contributed by atoms with Crippen molar-refractivity contribution < 1.29 is 38.3 Å². The maximum absolute atomic E-state index is 11.4. The van der Waals surface area contributed by atoms with Crippen molar-refractivity contribution in [3.63, 3.8) is 0 Å². The molecule has 0 unspecified atom stereocenters. The molecule has 0 spiro atoms. The van der Waals surface area contributed by atoms with Gasteiger partial charge in [-0.25, -0.2) is 14.4 Å². The van der Waals surface area contributed by atoms with Crippen LogP contribution in [0.3, 0.4) is 0 Å². The van der Waals surface area contributed by atoms with Gasteiger partial charge in [-0.3, -0.25) is 9.59 Å². The fourth-order valence-electron chi connectivity index (χ4n) is 1.30. The van der Waals surface area contributed by atoms with Crippen molar-refractivity contribution in [2.45, 2.75) is 19.8 Å². The van der Waals surface area contributed by atoms with Gasteiger partial charge in [0.1, 0.15) is 5.57 Å². The Morgan fingerprint density at radius 2 is 1.62 bits per heavy atom. The molecule has 0 atom stereocenters. The van der Waals surface area contributed by atoms with Crippen LogP contribution in [0, 0.1) is 0 Å². The van der Waals surface area contributed by atoms with Crippen LogP contribution in [0.25, 0.3) is 0 Å². The minimum atomic E-state index is -1.16. The number of carbonyl (C=O) groups is 5. The minimum Gasteiger partial charge on any atom is -0.462 e. The molecule has 9 heteroatoms. The first-order valence-corrected chi connectivity index (χ1v) is 5.96. The zero-order valence-corrected chi connectivity index (χ0v) is 11.2. The third-order valence-electron chi connectivity index (χ3n) is 2.29. The van der Waals surface area contributed by atoms with E-state index in [-0.39, 0.29) is 19.4 Å². The molecule has 0 N–H and O–H groups in total. The zero-order chi connectivity index (χ0) is 16.0. The highest BCUT2D eigenvalue weighted by Gasteiger charge is 2.33. The second-order valence-electron chi connectivity index (χ2n) is 3.82. The molecule has 0 aromatic carbocycles. The van der Waals surface area contributed by atoms with Gasteiger partial charge < -0.3 is 14.3 Å². The molecule has 21 heavy (non-hydrogen) atoms. The lowest BCUT2D eigenvalue weighted by atomic mass is 10.3. The van der Waals surface area contributed by atoms with Gasteiger partial charge in [-0.1, -0.05) is 6.58 Å². The summed E-state index contributed by atoms with van der Waals surface area (Å²) >= 11 is 0. The van der Waals surface area contributed by atoms with Crippen molar-refractivity contribution in [1.29, 1.82) is 0 Å². The molecule has 1 aliphatic rings. The Morgan fingerprint density at radius 3 is 2.14 bits per heavy atom. The predicted octanol–water partition coefficient (Wildman–Crippen LogP) is -0.744. The van der Waals surface area contributed by atoms with Crippen LogP contribution in [0.2, 0.25) is 0 Å². The molecule has 1 fully saturated rings. The number of hydrogen-bond acceptors (Lipinski definition) is 8. The highest BCUT2D eigenvalue weighted by Crippen LogP contribution is 2.12. The van der Waals surface area contributed by atoms with E-state index in [0.717, 1.165) is 0 Å². The molecule has 0 saturated carbocycles. The molecule has 0 aromatic rings. The number of imide groups is 1. The van der Waals surface area contributed by atoms with E-state index in [1.165, 1.54) is 6.92 Å². The number of esters is 2. The normalized spacial score (nSPS) is 13.9. The Morgan fingerprint density at radius 1 is 1.10 bits per heavy atom.